The van der Waals surface area contributed by atoms with Crippen molar-refractivity contribution in [2.24, 2.45) is 0 Å². The molecule has 3 rings (SSSR count). The van der Waals surface area contributed by atoms with Crippen molar-refractivity contribution in [2.75, 3.05) is 0 Å². The molecule has 0 saturated carbocycles. The summed E-state index contributed by atoms with van der Waals surface area (Å²) in [6.07, 6.45) is 0. The minimum atomic E-state index is -0.344. The number of carbonyl (C=O) groups is 1. The van der Waals surface area contributed by atoms with Crippen LogP contribution in [-0.2, 0) is 0 Å². The molecule has 0 aliphatic rings. The van der Waals surface area contributed by atoms with E-state index in [0.717, 1.165) is 26.7 Å². The second-order valence-electron chi connectivity index (χ2n) is 5.70. The Labute approximate surface area is 150 Å². The molecule has 0 aliphatic heterocycles. The number of esters is 1. The third kappa shape index (κ3) is 3.57. The van der Waals surface area contributed by atoms with E-state index in [0.29, 0.717) is 11.3 Å². The SMILES string of the molecule is Cc1cc(Br)cc(C)c1OC(=O)c1ccc(-c2ccccc2)cc1. The number of hydrogen-bond acceptors (Lipinski definition) is 2. The number of halogens is 1. The summed E-state index contributed by atoms with van der Waals surface area (Å²) in [6.45, 7) is 3.86. The molecule has 2 nitrogen and oxygen atoms in total. The number of benzene rings is 3. The quantitative estimate of drug-likeness (QED) is 0.414. The van der Waals surface area contributed by atoms with Gasteiger partial charge in [-0.2, -0.15) is 0 Å². The van der Waals surface area contributed by atoms with Crippen LogP contribution in [0.3, 0.4) is 0 Å². The average Bonchev–Trinajstić information content (AvgIpc) is 2.59. The van der Waals surface area contributed by atoms with Gasteiger partial charge in [0.15, 0.2) is 0 Å². The zero-order chi connectivity index (χ0) is 17.1. The maximum Gasteiger partial charge on any atom is 0.343 e. The molecule has 0 heterocycles. The third-order valence-corrected chi connectivity index (χ3v) is 4.31. The summed E-state index contributed by atoms with van der Waals surface area (Å²) < 4.78 is 6.58. The summed E-state index contributed by atoms with van der Waals surface area (Å²) in [5.74, 6) is 0.276. The van der Waals surface area contributed by atoms with Crippen LogP contribution in [0.1, 0.15) is 21.5 Å². The van der Waals surface area contributed by atoms with Crippen LogP contribution in [0.25, 0.3) is 11.1 Å². The van der Waals surface area contributed by atoms with E-state index in [2.05, 4.69) is 15.9 Å². The van der Waals surface area contributed by atoms with Gasteiger partial charge >= 0.3 is 5.97 Å². The second-order valence-corrected chi connectivity index (χ2v) is 6.62. The Kier molecular flexibility index (Phi) is 4.81. The summed E-state index contributed by atoms with van der Waals surface area (Å²) in [5.41, 5.74) is 4.59. The van der Waals surface area contributed by atoms with E-state index < -0.39 is 0 Å². The number of aryl methyl sites for hydroxylation is 2. The lowest BCUT2D eigenvalue weighted by Crippen LogP contribution is -2.10. The molecule has 3 heteroatoms. The van der Waals surface area contributed by atoms with E-state index in [9.17, 15) is 4.79 Å². The maximum atomic E-state index is 12.4. The monoisotopic (exact) mass is 380 g/mol. The second kappa shape index (κ2) is 7.02. The zero-order valence-corrected chi connectivity index (χ0v) is 15.1. The van der Waals surface area contributed by atoms with Crippen LogP contribution in [0.5, 0.6) is 5.75 Å². The van der Waals surface area contributed by atoms with Crippen LogP contribution in [0.2, 0.25) is 0 Å². The lowest BCUT2D eigenvalue weighted by atomic mass is 10.0. The van der Waals surface area contributed by atoms with Crippen LogP contribution in [0, 0.1) is 13.8 Å². The summed E-state index contributed by atoms with van der Waals surface area (Å²) >= 11 is 3.45. The first-order valence-electron chi connectivity index (χ1n) is 7.69. The fourth-order valence-corrected chi connectivity index (χ4v) is 3.33. The summed E-state index contributed by atoms with van der Waals surface area (Å²) in [7, 11) is 0. The number of carbonyl (C=O) groups excluding carboxylic acids is 1. The zero-order valence-electron chi connectivity index (χ0n) is 13.5. The van der Waals surface area contributed by atoms with E-state index >= 15 is 0 Å². The van der Waals surface area contributed by atoms with E-state index in [4.69, 9.17) is 4.74 Å². The standard InChI is InChI=1S/C21H17BrO2/c1-14-12-19(22)13-15(2)20(14)24-21(23)18-10-8-17(9-11-18)16-6-4-3-5-7-16/h3-13H,1-2H3. The molecule has 24 heavy (non-hydrogen) atoms. The molecular formula is C21H17BrO2. The maximum absolute atomic E-state index is 12.4. The minimum absolute atomic E-state index is 0.344. The van der Waals surface area contributed by atoms with Gasteiger partial charge in [-0.25, -0.2) is 4.79 Å². The Morgan fingerprint density at radius 1 is 0.833 bits per heavy atom. The van der Waals surface area contributed by atoms with Crippen molar-refractivity contribution in [3.63, 3.8) is 0 Å². The third-order valence-electron chi connectivity index (χ3n) is 3.85. The molecule has 3 aromatic rings. The minimum Gasteiger partial charge on any atom is -0.422 e. The highest BCUT2D eigenvalue weighted by Crippen LogP contribution is 2.28. The van der Waals surface area contributed by atoms with Crippen molar-refractivity contribution in [3.8, 4) is 16.9 Å². The van der Waals surface area contributed by atoms with E-state index in [1.54, 1.807) is 12.1 Å². The normalized spacial score (nSPS) is 10.5. The van der Waals surface area contributed by atoms with Crippen molar-refractivity contribution < 1.29 is 9.53 Å². The van der Waals surface area contributed by atoms with Gasteiger partial charge < -0.3 is 4.74 Å². The van der Waals surface area contributed by atoms with E-state index in [1.165, 1.54) is 0 Å². The topological polar surface area (TPSA) is 26.3 Å². The smallest absolute Gasteiger partial charge is 0.343 e. The predicted molar refractivity (Wildman–Crippen MR) is 100 cm³/mol. The fourth-order valence-electron chi connectivity index (χ4n) is 2.64. The molecule has 0 amide bonds. The molecule has 0 aromatic heterocycles. The number of ether oxygens (including phenoxy) is 1. The Hall–Kier alpha value is -2.39. The molecule has 0 atom stereocenters. The molecule has 0 aliphatic carbocycles. The van der Waals surface area contributed by atoms with Gasteiger partial charge in [0, 0.05) is 4.47 Å². The summed E-state index contributed by atoms with van der Waals surface area (Å²) in [4.78, 5) is 12.4. The lowest BCUT2D eigenvalue weighted by molar-refractivity contribution is 0.0732. The van der Waals surface area contributed by atoms with Crippen molar-refractivity contribution in [3.05, 3.63) is 87.9 Å². The van der Waals surface area contributed by atoms with Crippen LogP contribution in [0.15, 0.2) is 71.2 Å². The largest absolute Gasteiger partial charge is 0.422 e. The average molecular weight is 381 g/mol. The van der Waals surface area contributed by atoms with Crippen LogP contribution in [-0.4, -0.2) is 5.97 Å². The molecule has 0 N–H and O–H groups in total. The molecule has 0 saturated heterocycles. The van der Waals surface area contributed by atoms with Gasteiger partial charge in [0.1, 0.15) is 5.75 Å². The number of rotatable bonds is 3. The predicted octanol–water partition coefficient (Wildman–Crippen LogP) is 5.95. The van der Waals surface area contributed by atoms with Gasteiger partial charge in [0.25, 0.3) is 0 Å². The molecule has 0 fully saturated rings. The first kappa shape index (κ1) is 16.5. The van der Waals surface area contributed by atoms with Gasteiger partial charge in [0.05, 0.1) is 5.56 Å². The first-order valence-corrected chi connectivity index (χ1v) is 8.48. The van der Waals surface area contributed by atoms with Crippen molar-refractivity contribution in [2.45, 2.75) is 13.8 Å². The first-order chi connectivity index (χ1) is 11.5. The van der Waals surface area contributed by atoms with Crippen LogP contribution >= 0.6 is 15.9 Å². The van der Waals surface area contributed by atoms with Gasteiger partial charge in [-0.1, -0.05) is 58.4 Å². The van der Waals surface area contributed by atoms with Crippen LogP contribution < -0.4 is 4.74 Å². The van der Waals surface area contributed by atoms with Crippen molar-refractivity contribution in [1.29, 1.82) is 0 Å². The Bertz CT molecular complexity index is 845. The van der Waals surface area contributed by atoms with Crippen molar-refractivity contribution >= 4 is 21.9 Å². The molecule has 3 aromatic carbocycles. The molecule has 0 radical (unpaired) electrons. The summed E-state index contributed by atoms with van der Waals surface area (Å²) in [6, 6.07) is 21.4. The Morgan fingerprint density at radius 3 is 1.96 bits per heavy atom. The fraction of sp³-hybridized carbons (Fsp3) is 0.0952. The highest BCUT2D eigenvalue weighted by atomic mass is 79.9. The molecule has 0 spiro atoms. The van der Waals surface area contributed by atoms with Gasteiger partial charge in [-0.3, -0.25) is 0 Å². The Balaban J connectivity index is 1.81. The Morgan fingerprint density at radius 2 is 1.38 bits per heavy atom. The van der Waals surface area contributed by atoms with Crippen molar-refractivity contribution in [1.82, 2.24) is 0 Å². The van der Waals surface area contributed by atoms with E-state index in [-0.39, 0.29) is 5.97 Å². The van der Waals surface area contributed by atoms with Crippen LogP contribution in [0.4, 0.5) is 0 Å². The molecular weight excluding hydrogens is 364 g/mol. The highest BCUT2D eigenvalue weighted by molar-refractivity contribution is 9.10. The van der Waals surface area contributed by atoms with Gasteiger partial charge in [-0.05, 0) is 60.4 Å². The molecule has 120 valence electrons. The summed E-state index contributed by atoms with van der Waals surface area (Å²) in [5, 5.41) is 0. The van der Waals surface area contributed by atoms with E-state index in [1.807, 2.05) is 68.4 Å². The van der Waals surface area contributed by atoms with Gasteiger partial charge in [-0.15, -0.1) is 0 Å². The number of hydrogen-bond donors (Lipinski definition) is 0. The highest BCUT2D eigenvalue weighted by Gasteiger charge is 2.13. The van der Waals surface area contributed by atoms with Gasteiger partial charge in [0.2, 0.25) is 0 Å². The molecule has 0 bridgehead atoms. The molecule has 0 unspecified atom stereocenters. The lowest BCUT2D eigenvalue weighted by Gasteiger charge is -2.11.